The Morgan fingerprint density at radius 1 is 0.812 bits per heavy atom. The quantitative estimate of drug-likeness (QED) is 0.572. The minimum atomic E-state index is -0.0892. The van der Waals surface area contributed by atoms with E-state index in [-0.39, 0.29) is 17.4 Å². The fraction of sp³-hybridized carbons (Fsp3) is 0.143. The molecule has 0 saturated heterocycles. The second-order valence-corrected chi connectivity index (χ2v) is 8.50. The van der Waals surface area contributed by atoms with Crippen LogP contribution in [0.3, 0.4) is 0 Å². The Labute approximate surface area is 101 Å². The van der Waals surface area contributed by atoms with Crippen LogP contribution in [0.5, 0.6) is 0 Å². The van der Waals surface area contributed by atoms with Crippen LogP contribution in [-0.4, -0.2) is 15.3 Å². The van der Waals surface area contributed by atoms with Crippen LogP contribution >= 0.6 is 7.92 Å². The normalized spacial score (nSPS) is 11.4. The van der Waals surface area contributed by atoms with Crippen molar-refractivity contribution in [2.24, 2.45) is 0 Å². The molecule has 0 fully saturated rings. The molecule has 0 aliphatic heterocycles. The predicted molar refractivity (Wildman–Crippen MR) is 78.3 cm³/mol. The third-order valence-corrected chi connectivity index (χ3v) is 8.00. The molecule has 0 aromatic heterocycles. The van der Waals surface area contributed by atoms with E-state index in [0.29, 0.717) is 0 Å². The van der Waals surface area contributed by atoms with E-state index < -0.39 is 0 Å². The first-order valence-electron chi connectivity index (χ1n) is 5.79. The summed E-state index contributed by atoms with van der Waals surface area (Å²) in [5.41, 5.74) is 0. The first-order chi connectivity index (χ1) is 7.92. The molecule has 0 nitrogen and oxygen atoms in total. The third-order valence-electron chi connectivity index (χ3n) is 2.58. The first-order valence-corrected chi connectivity index (χ1v) is 9.73. The molecule has 2 rings (SSSR count). The topological polar surface area (TPSA) is 0 Å². The Morgan fingerprint density at radius 3 is 1.62 bits per heavy atom. The minimum Gasteiger partial charge on any atom is -0.0745 e. The van der Waals surface area contributed by atoms with Crippen molar-refractivity contribution in [1.29, 1.82) is 0 Å². The van der Waals surface area contributed by atoms with Crippen molar-refractivity contribution < 1.29 is 0 Å². The molecule has 82 valence electrons. The number of benzene rings is 2. The van der Waals surface area contributed by atoms with Gasteiger partial charge >= 0.3 is 0 Å². The monoisotopic (exact) mass is 244 g/mol. The van der Waals surface area contributed by atoms with Crippen LogP contribution < -0.4 is 10.6 Å². The van der Waals surface area contributed by atoms with E-state index in [1.54, 1.807) is 0 Å². The van der Waals surface area contributed by atoms with Crippen molar-refractivity contribution in [2.75, 3.05) is 5.79 Å². The molecule has 0 spiro atoms. The largest absolute Gasteiger partial charge is 0.0745 e. The zero-order valence-corrected chi connectivity index (χ0v) is 11.9. The molecule has 0 saturated carbocycles. The standard InChI is InChI=1S/C14H17PSi/c1-16-12-15(13-8-4-2-5-9-13)14-10-6-3-7-11-14/h2-11H,12,16H2,1H3. The fourth-order valence-electron chi connectivity index (χ4n) is 1.85. The maximum absolute atomic E-state index is 2.40. The number of hydrogen-bond donors (Lipinski definition) is 0. The van der Waals surface area contributed by atoms with Gasteiger partial charge in [0.25, 0.3) is 0 Å². The van der Waals surface area contributed by atoms with Gasteiger partial charge in [0.05, 0.1) is 0 Å². The van der Waals surface area contributed by atoms with Gasteiger partial charge in [-0.25, -0.2) is 0 Å². The van der Waals surface area contributed by atoms with Crippen LogP contribution in [0.2, 0.25) is 6.55 Å². The second-order valence-electron chi connectivity index (χ2n) is 3.82. The van der Waals surface area contributed by atoms with Gasteiger partial charge in [-0.1, -0.05) is 67.2 Å². The summed E-state index contributed by atoms with van der Waals surface area (Å²) in [4.78, 5) is 0. The van der Waals surface area contributed by atoms with Crippen molar-refractivity contribution in [3.05, 3.63) is 60.7 Å². The number of hydrogen-bond acceptors (Lipinski definition) is 0. The molecule has 0 amide bonds. The SMILES string of the molecule is C[SiH2]CP(c1ccccc1)c1ccccc1. The molecule has 0 aliphatic rings. The summed E-state index contributed by atoms with van der Waals surface area (Å²) in [5, 5.41) is 3.05. The molecule has 2 aromatic carbocycles. The summed E-state index contributed by atoms with van der Waals surface area (Å²) < 4.78 is 0. The van der Waals surface area contributed by atoms with Crippen molar-refractivity contribution in [1.82, 2.24) is 0 Å². The lowest BCUT2D eigenvalue weighted by Gasteiger charge is -2.17. The smallest absolute Gasteiger partial charge is 0.0223 e. The van der Waals surface area contributed by atoms with Crippen molar-refractivity contribution in [2.45, 2.75) is 6.55 Å². The van der Waals surface area contributed by atoms with Crippen molar-refractivity contribution in [3.8, 4) is 0 Å². The Balaban J connectivity index is 2.31. The van der Waals surface area contributed by atoms with Gasteiger partial charge in [0.15, 0.2) is 0 Å². The molecule has 2 heteroatoms. The average molecular weight is 244 g/mol. The lowest BCUT2D eigenvalue weighted by molar-refractivity contribution is 1.74. The Kier molecular flexibility index (Phi) is 4.32. The second kappa shape index (κ2) is 5.98. The van der Waals surface area contributed by atoms with Crippen LogP contribution in [0.4, 0.5) is 0 Å². The summed E-state index contributed by atoms with van der Waals surface area (Å²) in [6.45, 7) is 2.40. The predicted octanol–water partition coefficient (Wildman–Crippen LogP) is 2.29. The first kappa shape index (κ1) is 11.6. The lowest BCUT2D eigenvalue weighted by Crippen LogP contribution is -2.15. The van der Waals surface area contributed by atoms with Crippen LogP contribution in [0.1, 0.15) is 0 Å². The van der Waals surface area contributed by atoms with Gasteiger partial charge in [-0.3, -0.25) is 0 Å². The van der Waals surface area contributed by atoms with E-state index in [4.69, 9.17) is 0 Å². The van der Waals surface area contributed by atoms with Gasteiger partial charge in [0, 0.05) is 9.52 Å². The van der Waals surface area contributed by atoms with Gasteiger partial charge < -0.3 is 0 Å². The van der Waals surface area contributed by atoms with E-state index in [1.807, 2.05) is 0 Å². The molecule has 0 aliphatic carbocycles. The Hall–Kier alpha value is -0.913. The van der Waals surface area contributed by atoms with E-state index in [1.165, 1.54) is 16.4 Å². The minimum absolute atomic E-state index is 0.0892. The van der Waals surface area contributed by atoms with Gasteiger partial charge in [-0.2, -0.15) is 0 Å². The van der Waals surface area contributed by atoms with Crippen LogP contribution in [-0.2, 0) is 0 Å². The third kappa shape index (κ3) is 2.81. The van der Waals surface area contributed by atoms with Gasteiger partial charge in [0.1, 0.15) is 0 Å². The Morgan fingerprint density at radius 2 is 1.25 bits per heavy atom. The van der Waals surface area contributed by atoms with E-state index in [0.717, 1.165) is 0 Å². The summed E-state index contributed by atoms with van der Waals surface area (Å²) >= 11 is 0. The Bertz CT molecular complexity index is 374. The van der Waals surface area contributed by atoms with Gasteiger partial charge in [-0.05, 0) is 24.3 Å². The molecule has 0 bridgehead atoms. The molecule has 2 aromatic rings. The van der Waals surface area contributed by atoms with Gasteiger partial charge in [0.2, 0.25) is 0 Å². The highest BCUT2D eigenvalue weighted by Gasteiger charge is 2.11. The van der Waals surface area contributed by atoms with Crippen LogP contribution in [0, 0.1) is 0 Å². The fourth-order valence-corrected chi connectivity index (χ4v) is 7.06. The zero-order chi connectivity index (χ0) is 11.2. The molecular weight excluding hydrogens is 227 g/mol. The molecule has 0 N–H and O–H groups in total. The number of rotatable bonds is 4. The maximum Gasteiger partial charge on any atom is 0.0223 e. The molecule has 0 radical (unpaired) electrons. The van der Waals surface area contributed by atoms with E-state index in [9.17, 15) is 0 Å². The molecule has 0 heterocycles. The highest BCUT2D eigenvalue weighted by molar-refractivity contribution is 7.74. The molecule has 0 atom stereocenters. The van der Waals surface area contributed by atoms with Gasteiger partial charge in [-0.15, -0.1) is 0 Å². The van der Waals surface area contributed by atoms with E-state index in [2.05, 4.69) is 67.2 Å². The molecule has 0 unspecified atom stereocenters. The molecule has 16 heavy (non-hydrogen) atoms. The summed E-state index contributed by atoms with van der Waals surface area (Å²) in [6.07, 6.45) is 0. The highest BCUT2D eigenvalue weighted by Crippen LogP contribution is 2.32. The van der Waals surface area contributed by atoms with Crippen LogP contribution in [0.15, 0.2) is 60.7 Å². The van der Waals surface area contributed by atoms with Crippen LogP contribution in [0.25, 0.3) is 0 Å². The summed E-state index contributed by atoms with van der Waals surface area (Å²) in [6, 6.07) is 22.0. The van der Waals surface area contributed by atoms with Crippen molar-refractivity contribution in [3.63, 3.8) is 0 Å². The molecular formula is C14H17PSi. The maximum atomic E-state index is 2.40. The zero-order valence-electron chi connectivity index (χ0n) is 9.63. The van der Waals surface area contributed by atoms with E-state index >= 15 is 0 Å². The summed E-state index contributed by atoms with van der Waals surface area (Å²) in [7, 11) is 0.0185. The van der Waals surface area contributed by atoms with Crippen molar-refractivity contribution >= 4 is 28.1 Å². The highest BCUT2D eigenvalue weighted by atomic mass is 31.1. The average Bonchev–Trinajstić information content (AvgIpc) is 2.38. The summed E-state index contributed by atoms with van der Waals surface area (Å²) in [5.74, 6) is 1.42. The lowest BCUT2D eigenvalue weighted by atomic mass is 10.4.